The van der Waals surface area contributed by atoms with E-state index in [1.165, 1.54) is 19.4 Å². The van der Waals surface area contributed by atoms with E-state index in [4.69, 9.17) is 10.5 Å². The number of primary amides is 1. The van der Waals surface area contributed by atoms with Crippen molar-refractivity contribution in [2.45, 2.75) is 18.9 Å². The molecule has 6 nitrogen and oxygen atoms in total. The summed E-state index contributed by atoms with van der Waals surface area (Å²) in [5.74, 6) is 0.535. The molecule has 2 heterocycles. The molecule has 2 aliphatic rings. The zero-order valence-electron chi connectivity index (χ0n) is 12.5. The molecule has 0 aromatic carbocycles. The molecule has 1 amide bonds. The zero-order chi connectivity index (χ0) is 14.4. The van der Waals surface area contributed by atoms with E-state index in [1.54, 1.807) is 0 Å². The van der Waals surface area contributed by atoms with E-state index in [0.717, 1.165) is 45.2 Å². The van der Waals surface area contributed by atoms with Gasteiger partial charge in [-0.05, 0) is 38.9 Å². The van der Waals surface area contributed by atoms with Crippen molar-refractivity contribution in [3.8, 4) is 0 Å². The largest absolute Gasteiger partial charge is 0.374 e. The Morgan fingerprint density at radius 2 is 2.20 bits per heavy atom. The Hall–Kier alpha value is -0.690. The summed E-state index contributed by atoms with van der Waals surface area (Å²) in [6.45, 7) is 7.34. The molecule has 0 radical (unpaired) electrons. The lowest BCUT2D eigenvalue weighted by molar-refractivity contribution is -0.119. The fourth-order valence-electron chi connectivity index (χ4n) is 3.16. The third kappa shape index (κ3) is 5.36. The molecule has 0 saturated carbocycles. The average Bonchev–Trinajstić information content (AvgIpc) is 2.39. The van der Waals surface area contributed by atoms with Crippen LogP contribution < -0.4 is 11.1 Å². The van der Waals surface area contributed by atoms with Crippen molar-refractivity contribution in [3.05, 3.63) is 0 Å². The molecule has 2 saturated heterocycles. The smallest absolute Gasteiger partial charge is 0.231 e. The number of piperidine rings is 1. The lowest BCUT2D eigenvalue weighted by Crippen LogP contribution is -2.49. The Labute approximate surface area is 121 Å². The van der Waals surface area contributed by atoms with Gasteiger partial charge in [-0.25, -0.2) is 0 Å². The van der Waals surface area contributed by atoms with E-state index >= 15 is 0 Å². The summed E-state index contributed by atoms with van der Waals surface area (Å²) in [5.41, 5.74) is 5.21. The fourth-order valence-corrected chi connectivity index (χ4v) is 3.16. The van der Waals surface area contributed by atoms with Crippen LogP contribution in [0, 0.1) is 5.92 Å². The summed E-state index contributed by atoms with van der Waals surface area (Å²) < 4.78 is 5.80. The lowest BCUT2D eigenvalue weighted by atomic mass is 9.97. The van der Waals surface area contributed by atoms with Crippen LogP contribution in [0.15, 0.2) is 0 Å². The number of carbonyl (C=O) groups is 1. The van der Waals surface area contributed by atoms with E-state index in [-0.39, 0.29) is 12.0 Å². The first-order valence-electron chi connectivity index (χ1n) is 7.65. The highest BCUT2D eigenvalue weighted by atomic mass is 16.5. The molecule has 20 heavy (non-hydrogen) atoms. The number of hydrogen-bond acceptors (Lipinski definition) is 5. The second-order valence-corrected chi connectivity index (χ2v) is 6.11. The van der Waals surface area contributed by atoms with Gasteiger partial charge in [0, 0.05) is 26.2 Å². The Kier molecular flexibility index (Phi) is 6.22. The van der Waals surface area contributed by atoms with Crippen molar-refractivity contribution >= 4 is 5.91 Å². The van der Waals surface area contributed by atoms with Gasteiger partial charge in [0.2, 0.25) is 5.91 Å². The van der Waals surface area contributed by atoms with Crippen molar-refractivity contribution < 1.29 is 9.53 Å². The van der Waals surface area contributed by atoms with Gasteiger partial charge in [0.25, 0.3) is 0 Å². The molecule has 1 atom stereocenters. The Bertz CT molecular complexity index is 308. The second kappa shape index (κ2) is 7.93. The maximum Gasteiger partial charge on any atom is 0.231 e. The van der Waals surface area contributed by atoms with Gasteiger partial charge in [0.05, 0.1) is 19.3 Å². The number of carbonyl (C=O) groups excluding carboxylic acids is 1. The molecule has 1 unspecified atom stereocenters. The first-order chi connectivity index (χ1) is 9.63. The van der Waals surface area contributed by atoms with Gasteiger partial charge in [-0.1, -0.05) is 0 Å². The molecular formula is C14H28N4O2. The number of rotatable bonds is 6. The minimum Gasteiger partial charge on any atom is -0.374 e. The molecule has 116 valence electrons. The molecule has 2 fully saturated rings. The molecule has 2 aliphatic heterocycles. The van der Waals surface area contributed by atoms with E-state index in [9.17, 15) is 4.79 Å². The molecule has 2 rings (SSSR count). The van der Waals surface area contributed by atoms with Gasteiger partial charge in [0.15, 0.2) is 0 Å². The fraction of sp³-hybridized carbons (Fsp3) is 0.929. The van der Waals surface area contributed by atoms with Crippen molar-refractivity contribution in [2.24, 2.45) is 11.7 Å². The molecule has 0 bridgehead atoms. The third-order valence-corrected chi connectivity index (χ3v) is 4.14. The number of nitrogens with zero attached hydrogens (tertiary/aromatic N) is 2. The van der Waals surface area contributed by atoms with E-state index in [1.807, 2.05) is 11.9 Å². The van der Waals surface area contributed by atoms with Crippen LogP contribution in [-0.2, 0) is 9.53 Å². The SMILES string of the molecule is CN(CC(N)=O)CC1CN(CC2CCNCC2)CCO1. The molecule has 0 aromatic rings. The highest BCUT2D eigenvalue weighted by Crippen LogP contribution is 2.16. The van der Waals surface area contributed by atoms with Gasteiger partial charge in [0.1, 0.15) is 0 Å². The third-order valence-electron chi connectivity index (χ3n) is 4.14. The Morgan fingerprint density at radius 1 is 1.45 bits per heavy atom. The minimum absolute atomic E-state index is 0.190. The van der Waals surface area contributed by atoms with Gasteiger partial charge in [-0.3, -0.25) is 14.6 Å². The molecule has 0 aliphatic carbocycles. The number of likely N-dealkylation sites (N-methyl/N-ethyl adjacent to an activating group) is 1. The first-order valence-corrected chi connectivity index (χ1v) is 7.65. The second-order valence-electron chi connectivity index (χ2n) is 6.11. The standard InChI is InChI=1S/C14H28N4O2/c1-17(11-14(15)19)9-13-10-18(6-7-20-13)8-12-2-4-16-5-3-12/h12-13,16H,2-11H2,1H3,(H2,15,19). The number of nitrogens with one attached hydrogen (secondary N) is 1. The summed E-state index contributed by atoms with van der Waals surface area (Å²) in [4.78, 5) is 15.4. The topological polar surface area (TPSA) is 70.8 Å². The minimum atomic E-state index is -0.283. The first kappa shape index (κ1) is 15.7. The van der Waals surface area contributed by atoms with Gasteiger partial charge in [-0.15, -0.1) is 0 Å². The Morgan fingerprint density at radius 3 is 2.90 bits per heavy atom. The normalized spacial score (nSPS) is 26.0. The average molecular weight is 284 g/mol. The van der Waals surface area contributed by atoms with Crippen LogP contribution in [0.3, 0.4) is 0 Å². The van der Waals surface area contributed by atoms with Gasteiger partial charge < -0.3 is 15.8 Å². The summed E-state index contributed by atoms with van der Waals surface area (Å²) in [6, 6.07) is 0. The molecular weight excluding hydrogens is 256 g/mol. The molecule has 0 spiro atoms. The van der Waals surface area contributed by atoms with Crippen LogP contribution in [0.2, 0.25) is 0 Å². The van der Waals surface area contributed by atoms with Gasteiger partial charge >= 0.3 is 0 Å². The molecule has 0 aromatic heterocycles. The van der Waals surface area contributed by atoms with E-state index < -0.39 is 0 Å². The Balaban J connectivity index is 1.71. The van der Waals surface area contributed by atoms with Crippen LogP contribution in [0.5, 0.6) is 0 Å². The van der Waals surface area contributed by atoms with Crippen molar-refractivity contribution in [1.82, 2.24) is 15.1 Å². The number of ether oxygens (including phenoxy) is 1. The molecule has 3 N–H and O–H groups in total. The quantitative estimate of drug-likeness (QED) is 0.662. The molecule has 6 heteroatoms. The highest BCUT2D eigenvalue weighted by molar-refractivity contribution is 5.75. The highest BCUT2D eigenvalue weighted by Gasteiger charge is 2.24. The zero-order valence-corrected chi connectivity index (χ0v) is 12.5. The van der Waals surface area contributed by atoms with Crippen molar-refractivity contribution in [3.63, 3.8) is 0 Å². The number of morpholine rings is 1. The summed E-state index contributed by atoms with van der Waals surface area (Å²) in [7, 11) is 1.92. The van der Waals surface area contributed by atoms with E-state index in [2.05, 4.69) is 10.2 Å². The van der Waals surface area contributed by atoms with Crippen LogP contribution >= 0.6 is 0 Å². The predicted octanol–water partition coefficient (Wildman–Crippen LogP) is -0.896. The van der Waals surface area contributed by atoms with Crippen molar-refractivity contribution in [2.75, 3.05) is 59.5 Å². The van der Waals surface area contributed by atoms with Crippen LogP contribution in [0.4, 0.5) is 0 Å². The number of nitrogens with two attached hydrogens (primary N) is 1. The van der Waals surface area contributed by atoms with Crippen LogP contribution in [0.25, 0.3) is 0 Å². The van der Waals surface area contributed by atoms with Crippen LogP contribution in [-0.4, -0.2) is 81.3 Å². The van der Waals surface area contributed by atoms with E-state index in [0.29, 0.717) is 6.54 Å². The van der Waals surface area contributed by atoms with Crippen LogP contribution in [0.1, 0.15) is 12.8 Å². The number of amides is 1. The van der Waals surface area contributed by atoms with Crippen molar-refractivity contribution in [1.29, 1.82) is 0 Å². The predicted molar refractivity (Wildman–Crippen MR) is 78.5 cm³/mol. The monoisotopic (exact) mass is 284 g/mol. The van der Waals surface area contributed by atoms with Gasteiger partial charge in [-0.2, -0.15) is 0 Å². The maximum atomic E-state index is 10.9. The summed E-state index contributed by atoms with van der Waals surface area (Å²) >= 11 is 0. The number of hydrogen-bond donors (Lipinski definition) is 2. The lowest BCUT2D eigenvalue weighted by Gasteiger charge is -2.37. The maximum absolute atomic E-state index is 10.9. The summed E-state index contributed by atoms with van der Waals surface area (Å²) in [5, 5.41) is 3.41. The summed E-state index contributed by atoms with van der Waals surface area (Å²) in [6.07, 6.45) is 2.75.